The molecule has 0 unspecified atom stereocenters. The fourth-order valence-electron chi connectivity index (χ4n) is 4.88. The molecule has 0 aromatic rings. The van der Waals surface area contributed by atoms with Crippen LogP contribution in [0.4, 0.5) is 0 Å². The van der Waals surface area contributed by atoms with Gasteiger partial charge in [-0.25, -0.2) is 0 Å². The van der Waals surface area contributed by atoms with Crippen molar-refractivity contribution in [1.82, 2.24) is 0 Å². The number of rotatable bonds is 19. The highest BCUT2D eigenvalue weighted by molar-refractivity contribution is 5.19. The van der Waals surface area contributed by atoms with Gasteiger partial charge in [-0.3, -0.25) is 0 Å². The van der Waals surface area contributed by atoms with Crippen LogP contribution < -0.4 is 0 Å². The molecule has 0 aliphatic carbocycles. The van der Waals surface area contributed by atoms with E-state index in [0.717, 1.165) is 44.9 Å². The average molecular weight is 433 g/mol. The Morgan fingerprint density at radius 3 is 1.00 bits per heavy atom. The van der Waals surface area contributed by atoms with Crippen molar-refractivity contribution in [3.63, 3.8) is 0 Å². The maximum Gasteiger partial charge on any atom is 0.127 e. The molecule has 0 rings (SSSR count). The minimum Gasteiger partial charge on any atom is -0.393 e. The molecule has 0 bridgehead atoms. The molecule has 0 aliphatic rings. The van der Waals surface area contributed by atoms with Gasteiger partial charge in [-0.05, 0) is 32.1 Å². The minimum atomic E-state index is -1.99. The molecule has 0 spiro atoms. The zero-order valence-electron chi connectivity index (χ0n) is 20.5. The van der Waals surface area contributed by atoms with E-state index in [1.54, 1.807) is 0 Å². The molecule has 0 aromatic carbocycles. The molecule has 0 fully saturated rings. The lowest BCUT2D eigenvalue weighted by molar-refractivity contribution is -0.316. The fraction of sp³-hybridized carbons (Fsp3) is 1.00. The summed E-state index contributed by atoms with van der Waals surface area (Å²) in [4.78, 5) is 0. The monoisotopic (exact) mass is 432 g/mol. The van der Waals surface area contributed by atoms with E-state index in [4.69, 9.17) is 0 Å². The third-order valence-corrected chi connectivity index (χ3v) is 7.10. The first-order chi connectivity index (χ1) is 14.1. The van der Waals surface area contributed by atoms with Crippen LogP contribution in [-0.2, 0) is 0 Å². The van der Waals surface area contributed by atoms with Gasteiger partial charge >= 0.3 is 0 Å². The molecule has 0 amide bonds. The van der Waals surface area contributed by atoms with Crippen LogP contribution >= 0.6 is 0 Å². The largest absolute Gasteiger partial charge is 0.393 e. The number of aliphatic hydroxyl groups is 5. The van der Waals surface area contributed by atoms with Crippen LogP contribution in [-0.4, -0.2) is 54.5 Å². The van der Waals surface area contributed by atoms with Crippen molar-refractivity contribution < 1.29 is 25.5 Å². The van der Waals surface area contributed by atoms with Gasteiger partial charge in [0.2, 0.25) is 0 Å². The number of unbranched alkanes of at least 4 members (excludes halogenated alkanes) is 5. The van der Waals surface area contributed by atoms with Gasteiger partial charge in [-0.2, -0.15) is 0 Å². The standard InChI is InChI=1S/C25H52O5/c1-6-11-16-22(27,17-12-7-2)24(29,19-14-9-4)25(30,20-15-10-5)23(28,21-26)18-13-8-3/h26-30H,6-21H2,1-5H3/t23-,24+,25-/m1/s1. The lowest BCUT2D eigenvalue weighted by Gasteiger charge is -2.58. The second-order valence-electron chi connectivity index (χ2n) is 9.46. The van der Waals surface area contributed by atoms with Crippen LogP contribution in [0.25, 0.3) is 0 Å². The van der Waals surface area contributed by atoms with E-state index in [1.807, 2.05) is 34.6 Å². The van der Waals surface area contributed by atoms with Crippen LogP contribution in [0.2, 0.25) is 0 Å². The predicted molar refractivity (Wildman–Crippen MR) is 125 cm³/mol. The molecule has 0 aliphatic heterocycles. The van der Waals surface area contributed by atoms with Gasteiger partial charge in [0.1, 0.15) is 16.8 Å². The van der Waals surface area contributed by atoms with Crippen molar-refractivity contribution in [3.05, 3.63) is 0 Å². The van der Waals surface area contributed by atoms with Crippen LogP contribution in [0.5, 0.6) is 0 Å². The molecule has 5 heteroatoms. The van der Waals surface area contributed by atoms with Gasteiger partial charge in [-0.15, -0.1) is 0 Å². The molecule has 3 atom stereocenters. The van der Waals surface area contributed by atoms with E-state index in [-0.39, 0.29) is 19.3 Å². The van der Waals surface area contributed by atoms with Gasteiger partial charge < -0.3 is 25.5 Å². The highest BCUT2D eigenvalue weighted by atomic mass is 16.4. The third-order valence-electron chi connectivity index (χ3n) is 7.10. The molecule has 0 saturated heterocycles. The summed E-state index contributed by atoms with van der Waals surface area (Å²) in [6.07, 6.45) is 8.68. The van der Waals surface area contributed by atoms with Crippen LogP contribution in [0, 0.1) is 0 Å². The lowest BCUT2D eigenvalue weighted by Crippen LogP contribution is -2.76. The minimum absolute atomic E-state index is 0.144. The Morgan fingerprint density at radius 2 is 0.700 bits per heavy atom. The fourth-order valence-corrected chi connectivity index (χ4v) is 4.88. The van der Waals surface area contributed by atoms with E-state index >= 15 is 0 Å². The first-order valence-electron chi connectivity index (χ1n) is 12.6. The Labute approximate surface area is 185 Å². The Bertz CT molecular complexity index is 435. The zero-order chi connectivity index (χ0) is 23.3. The quantitative estimate of drug-likeness (QED) is 0.201. The summed E-state index contributed by atoms with van der Waals surface area (Å²) in [5.74, 6) is 0. The summed E-state index contributed by atoms with van der Waals surface area (Å²) in [5.41, 5.74) is -7.29. The summed E-state index contributed by atoms with van der Waals surface area (Å²) in [6, 6.07) is 0. The van der Waals surface area contributed by atoms with Crippen LogP contribution in [0.1, 0.15) is 131 Å². The van der Waals surface area contributed by atoms with E-state index in [9.17, 15) is 25.5 Å². The summed E-state index contributed by atoms with van der Waals surface area (Å²) < 4.78 is 0. The molecule has 5 nitrogen and oxygen atoms in total. The van der Waals surface area contributed by atoms with Crippen molar-refractivity contribution >= 4 is 0 Å². The highest BCUT2D eigenvalue weighted by Gasteiger charge is 2.67. The normalized spacial score (nSPS) is 18.6. The molecule has 0 aromatic heterocycles. The summed E-state index contributed by atoms with van der Waals surface area (Å²) in [5, 5.41) is 58.2. The molecule has 0 heterocycles. The van der Waals surface area contributed by atoms with Crippen molar-refractivity contribution in [3.8, 4) is 0 Å². The number of hydrogen-bond donors (Lipinski definition) is 5. The lowest BCUT2D eigenvalue weighted by atomic mass is 9.57. The Morgan fingerprint density at radius 1 is 0.433 bits per heavy atom. The summed E-state index contributed by atoms with van der Waals surface area (Å²) in [6.45, 7) is 9.44. The van der Waals surface area contributed by atoms with E-state index in [2.05, 4.69) is 0 Å². The van der Waals surface area contributed by atoms with E-state index in [0.29, 0.717) is 32.1 Å². The van der Waals surface area contributed by atoms with E-state index < -0.39 is 29.0 Å². The first-order valence-corrected chi connectivity index (χ1v) is 12.6. The smallest absolute Gasteiger partial charge is 0.127 e. The molecular formula is C25H52O5. The highest BCUT2D eigenvalue weighted by Crippen LogP contribution is 2.51. The second kappa shape index (κ2) is 14.1. The van der Waals surface area contributed by atoms with Crippen molar-refractivity contribution in [2.45, 2.75) is 153 Å². The Kier molecular flexibility index (Phi) is 14.0. The summed E-state index contributed by atoms with van der Waals surface area (Å²) >= 11 is 0. The predicted octanol–water partition coefficient (Wildman–Crippen LogP) is 4.85. The molecule has 5 N–H and O–H groups in total. The van der Waals surface area contributed by atoms with E-state index in [1.165, 1.54) is 0 Å². The molecule has 0 radical (unpaired) electrons. The zero-order valence-corrected chi connectivity index (χ0v) is 20.5. The SMILES string of the molecule is CCCCC(O)(CCCC)[C@@](O)(CCCC)[C@@](O)(CCCC)[C@](O)(CO)CCCC. The van der Waals surface area contributed by atoms with Crippen molar-refractivity contribution in [2.75, 3.05) is 6.61 Å². The summed E-state index contributed by atoms with van der Waals surface area (Å²) in [7, 11) is 0. The van der Waals surface area contributed by atoms with Gasteiger partial charge in [-0.1, -0.05) is 98.8 Å². The van der Waals surface area contributed by atoms with Crippen LogP contribution in [0.3, 0.4) is 0 Å². The van der Waals surface area contributed by atoms with Crippen LogP contribution in [0.15, 0.2) is 0 Å². The van der Waals surface area contributed by atoms with Gasteiger partial charge in [0.05, 0.1) is 12.2 Å². The maximum atomic E-state index is 12.3. The van der Waals surface area contributed by atoms with Gasteiger partial charge in [0.15, 0.2) is 0 Å². The van der Waals surface area contributed by atoms with Crippen molar-refractivity contribution in [1.29, 1.82) is 0 Å². The molecular weight excluding hydrogens is 380 g/mol. The average Bonchev–Trinajstić information content (AvgIpc) is 2.76. The van der Waals surface area contributed by atoms with Gasteiger partial charge in [0.25, 0.3) is 0 Å². The maximum absolute atomic E-state index is 12.3. The van der Waals surface area contributed by atoms with Gasteiger partial charge in [0, 0.05) is 0 Å². The second-order valence-corrected chi connectivity index (χ2v) is 9.46. The molecule has 0 saturated carbocycles. The Hall–Kier alpha value is -0.200. The topological polar surface area (TPSA) is 101 Å². The van der Waals surface area contributed by atoms with Crippen molar-refractivity contribution in [2.24, 2.45) is 0 Å². The Balaban J connectivity index is 6.65. The molecule has 182 valence electrons. The third kappa shape index (κ3) is 6.65. The molecule has 30 heavy (non-hydrogen) atoms. The number of aliphatic hydroxyl groups excluding tert-OH is 1. The first kappa shape index (κ1) is 29.8. The number of hydrogen-bond acceptors (Lipinski definition) is 5.